The summed E-state index contributed by atoms with van der Waals surface area (Å²) < 4.78 is 6.09. The van der Waals surface area contributed by atoms with Crippen LogP contribution in [0.5, 0.6) is 5.75 Å². The number of carbonyl (C=O) groups is 1. The SMILES string of the molecule is COc1ccc(CN2CCN(CC(=O)Nc3ccc(Br)cn3)CC2)cc1. The molecule has 1 saturated heterocycles. The minimum Gasteiger partial charge on any atom is -0.497 e. The Bertz CT molecular complexity index is 713. The van der Waals surface area contributed by atoms with Crippen LogP contribution in [0.1, 0.15) is 5.56 Å². The quantitative estimate of drug-likeness (QED) is 0.780. The van der Waals surface area contributed by atoms with Crippen LogP contribution in [0.4, 0.5) is 5.82 Å². The van der Waals surface area contributed by atoms with Crippen molar-refractivity contribution in [3.8, 4) is 5.75 Å². The molecule has 0 unspecified atom stereocenters. The van der Waals surface area contributed by atoms with Crippen LogP contribution in [0, 0.1) is 0 Å². The Balaban J connectivity index is 1.41. The zero-order valence-corrected chi connectivity index (χ0v) is 16.4. The highest BCUT2D eigenvalue weighted by Gasteiger charge is 2.19. The number of piperazine rings is 1. The van der Waals surface area contributed by atoms with E-state index in [1.807, 2.05) is 18.2 Å². The fourth-order valence-electron chi connectivity index (χ4n) is 2.93. The number of anilines is 1. The average molecular weight is 419 g/mol. The molecule has 0 atom stereocenters. The number of pyridine rings is 1. The number of halogens is 1. The normalized spacial score (nSPS) is 15.6. The Morgan fingerprint density at radius 1 is 1.12 bits per heavy atom. The maximum Gasteiger partial charge on any atom is 0.239 e. The van der Waals surface area contributed by atoms with Gasteiger partial charge in [-0.1, -0.05) is 12.1 Å². The van der Waals surface area contributed by atoms with Gasteiger partial charge >= 0.3 is 0 Å². The molecule has 0 radical (unpaired) electrons. The number of methoxy groups -OCH3 is 1. The van der Waals surface area contributed by atoms with E-state index in [0.29, 0.717) is 12.4 Å². The summed E-state index contributed by atoms with van der Waals surface area (Å²) >= 11 is 3.33. The van der Waals surface area contributed by atoms with Crippen LogP contribution >= 0.6 is 15.9 Å². The third-order valence-corrected chi connectivity index (χ3v) is 4.86. The van der Waals surface area contributed by atoms with E-state index in [9.17, 15) is 4.79 Å². The first-order valence-corrected chi connectivity index (χ1v) is 9.41. The largest absolute Gasteiger partial charge is 0.497 e. The lowest BCUT2D eigenvalue weighted by molar-refractivity contribution is -0.117. The topological polar surface area (TPSA) is 57.7 Å². The van der Waals surface area contributed by atoms with E-state index in [1.165, 1.54) is 5.56 Å². The molecule has 138 valence electrons. The van der Waals surface area contributed by atoms with Gasteiger partial charge < -0.3 is 10.1 Å². The van der Waals surface area contributed by atoms with E-state index < -0.39 is 0 Å². The Labute approximate surface area is 162 Å². The Hall–Kier alpha value is -1.96. The molecule has 0 aliphatic carbocycles. The number of ether oxygens (including phenoxy) is 1. The molecule has 2 aromatic rings. The standard InChI is InChI=1S/C19H23BrN4O2/c1-26-17-5-2-15(3-6-17)13-23-8-10-24(11-9-23)14-19(25)22-18-7-4-16(20)12-21-18/h2-7,12H,8-11,13-14H2,1H3,(H,21,22,25). The molecule has 0 saturated carbocycles. The maximum atomic E-state index is 12.2. The fourth-order valence-corrected chi connectivity index (χ4v) is 3.16. The predicted molar refractivity (Wildman–Crippen MR) is 105 cm³/mol. The summed E-state index contributed by atoms with van der Waals surface area (Å²) in [6.07, 6.45) is 1.67. The molecule has 7 heteroatoms. The van der Waals surface area contributed by atoms with Crippen molar-refractivity contribution in [3.05, 3.63) is 52.6 Å². The number of hydrogen-bond donors (Lipinski definition) is 1. The van der Waals surface area contributed by atoms with Gasteiger partial charge in [-0.2, -0.15) is 0 Å². The van der Waals surface area contributed by atoms with Gasteiger partial charge in [0.2, 0.25) is 5.91 Å². The molecule has 1 aromatic heterocycles. The summed E-state index contributed by atoms with van der Waals surface area (Å²) in [6, 6.07) is 11.8. The monoisotopic (exact) mass is 418 g/mol. The Kier molecular flexibility index (Phi) is 6.60. The van der Waals surface area contributed by atoms with Crippen molar-refractivity contribution in [2.45, 2.75) is 6.54 Å². The second kappa shape index (κ2) is 9.12. The molecular weight excluding hydrogens is 396 g/mol. The predicted octanol–water partition coefficient (Wildman–Crippen LogP) is 2.61. The molecule has 1 aromatic carbocycles. The van der Waals surface area contributed by atoms with Gasteiger partial charge in [-0.3, -0.25) is 14.6 Å². The highest BCUT2D eigenvalue weighted by Crippen LogP contribution is 2.14. The summed E-state index contributed by atoms with van der Waals surface area (Å²) in [5, 5.41) is 2.84. The zero-order chi connectivity index (χ0) is 18.4. The van der Waals surface area contributed by atoms with Gasteiger partial charge in [-0.05, 0) is 45.8 Å². The lowest BCUT2D eigenvalue weighted by atomic mass is 10.2. The molecule has 1 aliphatic rings. The summed E-state index contributed by atoms with van der Waals surface area (Å²) in [7, 11) is 1.68. The van der Waals surface area contributed by atoms with Gasteiger partial charge in [0.15, 0.2) is 0 Å². The van der Waals surface area contributed by atoms with Gasteiger partial charge in [0.25, 0.3) is 0 Å². The third-order valence-electron chi connectivity index (χ3n) is 4.39. The molecule has 1 fully saturated rings. The highest BCUT2D eigenvalue weighted by molar-refractivity contribution is 9.10. The van der Waals surface area contributed by atoms with Crippen LogP contribution in [0.15, 0.2) is 47.1 Å². The van der Waals surface area contributed by atoms with E-state index in [-0.39, 0.29) is 5.91 Å². The summed E-state index contributed by atoms with van der Waals surface area (Å²) in [4.78, 5) is 20.9. The Morgan fingerprint density at radius 3 is 2.42 bits per heavy atom. The number of amides is 1. The van der Waals surface area contributed by atoms with Gasteiger partial charge in [0.05, 0.1) is 13.7 Å². The molecule has 0 bridgehead atoms. The summed E-state index contributed by atoms with van der Waals surface area (Å²) in [6.45, 7) is 5.00. The van der Waals surface area contributed by atoms with Crippen LogP contribution in [-0.4, -0.2) is 60.5 Å². The number of rotatable bonds is 6. The van der Waals surface area contributed by atoms with Crippen LogP contribution in [0.2, 0.25) is 0 Å². The zero-order valence-electron chi connectivity index (χ0n) is 14.8. The Morgan fingerprint density at radius 2 is 1.81 bits per heavy atom. The molecular formula is C19H23BrN4O2. The molecule has 1 amide bonds. The van der Waals surface area contributed by atoms with Crippen molar-refractivity contribution in [1.29, 1.82) is 0 Å². The minimum absolute atomic E-state index is 0.0246. The number of carbonyl (C=O) groups excluding carboxylic acids is 1. The maximum absolute atomic E-state index is 12.2. The lowest BCUT2D eigenvalue weighted by Gasteiger charge is -2.34. The highest BCUT2D eigenvalue weighted by atomic mass is 79.9. The molecule has 1 N–H and O–H groups in total. The lowest BCUT2D eigenvalue weighted by Crippen LogP contribution is -2.48. The van der Waals surface area contributed by atoms with E-state index in [4.69, 9.17) is 4.74 Å². The first-order valence-electron chi connectivity index (χ1n) is 8.61. The molecule has 3 rings (SSSR count). The number of hydrogen-bond acceptors (Lipinski definition) is 5. The summed E-state index contributed by atoms with van der Waals surface area (Å²) in [5.74, 6) is 1.43. The molecule has 6 nitrogen and oxygen atoms in total. The third kappa shape index (κ3) is 5.52. The van der Waals surface area contributed by atoms with Gasteiger partial charge in [0.1, 0.15) is 11.6 Å². The van der Waals surface area contributed by atoms with Gasteiger partial charge in [0, 0.05) is 43.4 Å². The first kappa shape index (κ1) is 18.8. The number of benzene rings is 1. The van der Waals surface area contributed by atoms with Crippen LogP contribution in [-0.2, 0) is 11.3 Å². The molecule has 0 spiro atoms. The molecule has 26 heavy (non-hydrogen) atoms. The van der Waals surface area contributed by atoms with Crippen LogP contribution in [0.3, 0.4) is 0 Å². The minimum atomic E-state index is -0.0246. The first-order chi connectivity index (χ1) is 12.6. The van der Waals surface area contributed by atoms with E-state index in [1.54, 1.807) is 19.4 Å². The van der Waals surface area contributed by atoms with Gasteiger partial charge in [-0.15, -0.1) is 0 Å². The van der Waals surface area contributed by atoms with Crippen LogP contribution < -0.4 is 10.1 Å². The fraction of sp³-hybridized carbons (Fsp3) is 0.368. The second-order valence-electron chi connectivity index (χ2n) is 6.31. The molecule has 1 aliphatic heterocycles. The van der Waals surface area contributed by atoms with Crippen molar-refractivity contribution >= 4 is 27.7 Å². The van der Waals surface area contributed by atoms with E-state index >= 15 is 0 Å². The molecule has 2 heterocycles. The smallest absolute Gasteiger partial charge is 0.239 e. The van der Waals surface area contributed by atoms with Crippen molar-refractivity contribution in [2.75, 3.05) is 45.2 Å². The number of nitrogens with one attached hydrogen (secondary N) is 1. The van der Waals surface area contributed by atoms with Crippen LogP contribution in [0.25, 0.3) is 0 Å². The van der Waals surface area contributed by atoms with Crippen molar-refractivity contribution in [1.82, 2.24) is 14.8 Å². The summed E-state index contributed by atoms with van der Waals surface area (Å²) in [5.41, 5.74) is 1.28. The van der Waals surface area contributed by atoms with E-state index in [2.05, 4.69) is 48.2 Å². The van der Waals surface area contributed by atoms with Crippen molar-refractivity contribution in [3.63, 3.8) is 0 Å². The van der Waals surface area contributed by atoms with Crippen molar-refractivity contribution < 1.29 is 9.53 Å². The number of aromatic nitrogens is 1. The van der Waals surface area contributed by atoms with E-state index in [0.717, 1.165) is 42.9 Å². The second-order valence-corrected chi connectivity index (χ2v) is 7.23. The van der Waals surface area contributed by atoms with Gasteiger partial charge in [-0.25, -0.2) is 4.98 Å². The number of nitrogens with zero attached hydrogens (tertiary/aromatic N) is 3. The average Bonchev–Trinajstić information content (AvgIpc) is 2.66. The van der Waals surface area contributed by atoms with Crippen molar-refractivity contribution in [2.24, 2.45) is 0 Å².